The smallest absolute Gasteiger partial charge is 0.325 e. The van der Waals surface area contributed by atoms with Crippen molar-refractivity contribution < 1.29 is 13.2 Å². The van der Waals surface area contributed by atoms with Gasteiger partial charge in [0.05, 0.1) is 10.7 Å². The maximum Gasteiger partial charge on any atom is 0.435 e. The van der Waals surface area contributed by atoms with Gasteiger partial charge in [-0.1, -0.05) is 11.6 Å². The van der Waals surface area contributed by atoms with Gasteiger partial charge in [0.25, 0.3) is 0 Å². The van der Waals surface area contributed by atoms with Gasteiger partial charge in [-0.05, 0) is 18.2 Å². The highest BCUT2D eigenvalue weighted by Crippen LogP contribution is 2.27. The molecule has 2 N–H and O–H groups in total. The molecule has 0 bridgehead atoms. The summed E-state index contributed by atoms with van der Waals surface area (Å²) < 4.78 is 38.2. The Morgan fingerprint density at radius 2 is 2.00 bits per heavy atom. The van der Waals surface area contributed by atoms with Crippen LogP contribution in [0.3, 0.4) is 0 Å². The fourth-order valence-corrected chi connectivity index (χ4v) is 1.53. The molecule has 0 amide bonds. The van der Waals surface area contributed by atoms with Crippen LogP contribution in [0.5, 0.6) is 0 Å². The van der Waals surface area contributed by atoms with E-state index >= 15 is 0 Å². The number of rotatable bonds is 2. The summed E-state index contributed by atoms with van der Waals surface area (Å²) in [5.41, 5.74) is 4.84. The van der Waals surface area contributed by atoms with Crippen LogP contribution in [0.2, 0.25) is 5.02 Å². The van der Waals surface area contributed by atoms with Gasteiger partial charge in [0.15, 0.2) is 11.5 Å². The van der Waals surface area contributed by atoms with E-state index in [-0.39, 0.29) is 12.4 Å². The molecule has 0 aliphatic heterocycles. The Morgan fingerprint density at radius 1 is 1.28 bits per heavy atom. The maximum atomic E-state index is 12.4. The zero-order valence-electron chi connectivity index (χ0n) is 8.95. The third-order valence-electron chi connectivity index (χ3n) is 2.21. The van der Waals surface area contributed by atoms with Crippen molar-refractivity contribution in [2.45, 2.75) is 12.7 Å². The van der Waals surface area contributed by atoms with Gasteiger partial charge in [0.1, 0.15) is 0 Å². The summed E-state index contributed by atoms with van der Waals surface area (Å²) in [7, 11) is 0. The number of hydrogen-bond donors (Lipinski definition) is 1. The summed E-state index contributed by atoms with van der Waals surface area (Å²) in [6.07, 6.45) is -3.30. The molecule has 2 aromatic heterocycles. The molecule has 18 heavy (non-hydrogen) atoms. The van der Waals surface area contributed by atoms with E-state index < -0.39 is 11.9 Å². The van der Waals surface area contributed by atoms with E-state index in [1.807, 2.05) is 0 Å². The fraction of sp³-hybridized carbons (Fsp3) is 0.200. The van der Waals surface area contributed by atoms with E-state index in [2.05, 4.69) is 10.1 Å². The largest absolute Gasteiger partial charge is 0.435 e. The normalized spacial score (nSPS) is 11.8. The molecule has 96 valence electrons. The van der Waals surface area contributed by atoms with E-state index in [4.69, 9.17) is 17.3 Å². The minimum Gasteiger partial charge on any atom is -0.325 e. The number of halogens is 4. The molecule has 0 atom stereocenters. The van der Waals surface area contributed by atoms with Gasteiger partial charge in [-0.3, -0.25) is 0 Å². The average molecular weight is 277 g/mol. The van der Waals surface area contributed by atoms with Crippen molar-refractivity contribution in [3.05, 3.63) is 40.8 Å². The molecule has 2 heterocycles. The number of alkyl halides is 3. The van der Waals surface area contributed by atoms with Crippen LogP contribution in [-0.4, -0.2) is 14.8 Å². The molecule has 0 spiro atoms. The minimum absolute atomic E-state index is 0.0973. The molecule has 0 aliphatic rings. The van der Waals surface area contributed by atoms with E-state index in [1.165, 1.54) is 18.3 Å². The molecule has 2 aromatic rings. The Kier molecular flexibility index (Phi) is 3.27. The topological polar surface area (TPSA) is 56.7 Å². The van der Waals surface area contributed by atoms with Crippen molar-refractivity contribution in [1.82, 2.24) is 14.8 Å². The standard InChI is InChI=1S/C10H8ClF3N4/c11-6-1-2-9(16-7(6)5-15)18-4-3-8(17-18)10(12,13)14/h1-4H,5,15H2. The molecule has 0 saturated heterocycles. The van der Waals surface area contributed by atoms with Crippen molar-refractivity contribution in [3.8, 4) is 5.82 Å². The molecule has 0 unspecified atom stereocenters. The Bertz CT molecular complexity index is 564. The molecule has 4 nitrogen and oxygen atoms in total. The lowest BCUT2D eigenvalue weighted by Gasteiger charge is -2.05. The monoisotopic (exact) mass is 276 g/mol. The first kappa shape index (κ1) is 12.8. The van der Waals surface area contributed by atoms with Crippen LogP contribution < -0.4 is 5.73 Å². The highest BCUT2D eigenvalue weighted by atomic mass is 35.5. The lowest BCUT2D eigenvalue weighted by Crippen LogP contribution is -2.09. The number of pyridine rings is 1. The summed E-state index contributed by atoms with van der Waals surface area (Å²) in [5, 5.41) is 3.77. The number of nitrogens with zero attached hydrogens (tertiary/aromatic N) is 3. The second-order valence-electron chi connectivity index (χ2n) is 3.45. The zero-order valence-corrected chi connectivity index (χ0v) is 9.70. The van der Waals surface area contributed by atoms with Gasteiger partial charge in [0.2, 0.25) is 0 Å². The van der Waals surface area contributed by atoms with Crippen LogP contribution in [0.25, 0.3) is 5.82 Å². The Hall–Kier alpha value is -1.60. The van der Waals surface area contributed by atoms with Gasteiger partial charge in [0, 0.05) is 12.7 Å². The first-order valence-electron chi connectivity index (χ1n) is 4.90. The lowest BCUT2D eigenvalue weighted by atomic mass is 10.3. The van der Waals surface area contributed by atoms with Crippen LogP contribution in [0.4, 0.5) is 13.2 Å². The van der Waals surface area contributed by atoms with Crippen LogP contribution >= 0.6 is 11.6 Å². The van der Waals surface area contributed by atoms with Crippen LogP contribution in [0, 0.1) is 0 Å². The van der Waals surface area contributed by atoms with Crippen LogP contribution in [0.1, 0.15) is 11.4 Å². The first-order chi connectivity index (χ1) is 8.41. The summed E-state index contributed by atoms with van der Waals surface area (Å²) in [5.74, 6) is 0.232. The molecule has 0 aliphatic carbocycles. The van der Waals surface area contributed by atoms with Crippen molar-refractivity contribution in [3.63, 3.8) is 0 Å². The number of aromatic nitrogens is 3. The average Bonchev–Trinajstić information content (AvgIpc) is 2.78. The number of hydrogen-bond acceptors (Lipinski definition) is 3. The van der Waals surface area contributed by atoms with Gasteiger partial charge in [-0.2, -0.15) is 18.3 Å². The molecule has 2 rings (SSSR count). The molecule has 0 fully saturated rings. The van der Waals surface area contributed by atoms with Crippen molar-refractivity contribution in [1.29, 1.82) is 0 Å². The highest BCUT2D eigenvalue weighted by molar-refractivity contribution is 6.31. The number of nitrogens with two attached hydrogens (primary N) is 1. The van der Waals surface area contributed by atoms with Crippen LogP contribution in [0.15, 0.2) is 24.4 Å². The third kappa shape index (κ3) is 2.46. The minimum atomic E-state index is -4.48. The zero-order chi connectivity index (χ0) is 13.3. The Balaban J connectivity index is 2.40. The quantitative estimate of drug-likeness (QED) is 0.916. The van der Waals surface area contributed by atoms with Crippen molar-refractivity contribution in [2.24, 2.45) is 5.73 Å². The summed E-state index contributed by atoms with van der Waals surface area (Å²) >= 11 is 5.81. The second-order valence-corrected chi connectivity index (χ2v) is 3.85. The van der Waals surface area contributed by atoms with Gasteiger partial charge < -0.3 is 5.73 Å². The van der Waals surface area contributed by atoms with Crippen molar-refractivity contribution in [2.75, 3.05) is 0 Å². The van der Waals surface area contributed by atoms with Gasteiger partial charge in [-0.15, -0.1) is 0 Å². The van der Waals surface area contributed by atoms with Gasteiger partial charge >= 0.3 is 6.18 Å². The van der Waals surface area contributed by atoms with Crippen LogP contribution in [-0.2, 0) is 12.7 Å². The van der Waals surface area contributed by atoms with E-state index in [9.17, 15) is 13.2 Å². The summed E-state index contributed by atoms with van der Waals surface area (Å²) in [6.45, 7) is 0.0973. The molecule has 0 aromatic carbocycles. The Morgan fingerprint density at radius 3 is 2.56 bits per heavy atom. The SMILES string of the molecule is NCc1nc(-n2ccc(C(F)(F)F)n2)ccc1Cl. The molecule has 0 radical (unpaired) electrons. The fourth-order valence-electron chi connectivity index (χ4n) is 1.35. The lowest BCUT2D eigenvalue weighted by molar-refractivity contribution is -0.141. The summed E-state index contributed by atoms with van der Waals surface area (Å²) in [6, 6.07) is 3.86. The van der Waals surface area contributed by atoms with E-state index in [0.29, 0.717) is 10.7 Å². The maximum absolute atomic E-state index is 12.4. The predicted molar refractivity (Wildman–Crippen MR) is 59.3 cm³/mol. The van der Waals surface area contributed by atoms with E-state index in [1.54, 1.807) is 0 Å². The molecular formula is C10H8ClF3N4. The third-order valence-corrected chi connectivity index (χ3v) is 2.56. The highest BCUT2D eigenvalue weighted by Gasteiger charge is 2.33. The predicted octanol–water partition coefficient (Wildman–Crippen LogP) is 2.40. The first-order valence-corrected chi connectivity index (χ1v) is 5.28. The molecule has 0 saturated carbocycles. The van der Waals surface area contributed by atoms with E-state index in [0.717, 1.165) is 10.7 Å². The summed E-state index contributed by atoms with van der Waals surface area (Å²) in [4.78, 5) is 4.03. The molecule has 8 heteroatoms. The van der Waals surface area contributed by atoms with Crippen molar-refractivity contribution >= 4 is 11.6 Å². The van der Waals surface area contributed by atoms with Gasteiger partial charge in [-0.25, -0.2) is 9.67 Å². The Labute approximate surface area is 105 Å². The molecular weight excluding hydrogens is 269 g/mol. The second kappa shape index (κ2) is 4.58.